The summed E-state index contributed by atoms with van der Waals surface area (Å²) in [6.45, 7) is 14.2. The summed E-state index contributed by atoms with van der Waals surface area (Å²) in [5.41, 5.74) is 6.45. The van der Waals surface area contributed by atoms with Gasteiger partial charge < -0.3 is 10.6 Å². The van der Waals surface area contributed by atoms with E-state index in [1.165, 1.54) is 45.2 Å². The predicted octanol–water partition coefficient (Wildman–Crippen LogP) is 3.90. The van der Waals surface area contributed by atoms with E-state index in [1.807, 2.05) is 0 Å². The van der Waals surface area contributed by atoms with Crippen molar-refractivity contribution in [2.24, 2.45) is 23.5 Å². The Hall–Kier alpha value is -0.0800. The Morgan fingerprint density at radius 1 is 1.21 bits per heavy atom. The smallest absolute Gasteiger partial charge is 0.00844 e. The Morgan fingerprint density at radius 2 is 1.89 bits per heavy atom. The maximum absolute atomic E-state index is 6.45. The van der Waals surface area contributed by atoms with Crippen LogP contribution in [0.4, 0.5) is 0 Å². The Labute approximate surface area is 121 Å². The molecule has 0 spiro atoms. The van der Waals surface area contributed by atoms with Crippen LogP contribution in [-0.2, 0) is 0 Å². The lowest BCUT2D eigenvalue weighted by Crippen LogP contribution is -2.48. The zero-order valence-corrected chi connectivity index (χ0v) is 13.9. The maximum Gasteiger partial charge on any atom is 0.00844 e. The fraction of sp³-hybridized carbons (Fsp3) is 1.00. The molecule has 0 aromatic heterocycles. The fourth-order valence-electron chi connectivity index (χ4n) is 3.66. The van der Waals surface area contributed by atoms with E-state index in [2.05, 4.69) is 39.5 Å². The highest BCUT2D eigenvalue weighted by atomic mass is 15.2. The van der Waals surface area contributed by atoms with Gasteiger partial charge in [-0.05, 0) is 56.9 Å². The molecular formula is C17H36N2. The summed E-state index contributed by atoms with van der Waals surface area (Å²) in [5.74, 6) is 2.29. The van der Waals surface area contributed by atoms with Gasteiger partial charge in [0.2, 0.25) is 0 Å². The first-order valence-electron chi connectivity index (χ1n) is 8.49. The van der Waals surface area contributed by atoms with E-state index in [0.717, 1.165) is 11.8 Å². The summed E-state index contributed by atoms with van der Waals surface area (Å²) in [4.78, 5) is 2.69. The molecule has 2 nitrogen and oxygen atoms in total. The number of nitrogens with zero attached hydrogens (tertiary/aromatic N) is 1. The summed E-state index contributed by atoms with van der Waals surface area (Å²) in [6, 6.07) is 1.11. The normalized spacial score (nSPS) is 33.6. The molecule has 0 bridgehead atoms. The van der Waals surface area contributed by atoms with Crippen LogP contribution >= 0.6 is 0 Å². The lowest BCUT2D eigenvalue weighted by molar-refractivity contribution is 0.0943. The third kappa shape index (κ3) is 5.07. The van der Waals surface area contributed by atoms with Crippen molar-refractivity contribution >= 4 is 0 Å². The molecule has 0 heterocycles. The minimum Gasteiger partial charge on any atom is -0.327 e. The molecule has 0 aromatic carbocycles. The topological polar surface area (TPSA) is 29.3 Å². The highest BCUT2D eigenvalue weighted by molar-refractivity contribution is 4.88. The molecule has 5 unspecified atom stereocenters. The summed E-state index contributed by atoms with van der Waals surface area (Å²) in [5, 5.41) is 0. The first-order valence-corrected chi connectivity index (χ1v) is 8.49. The van der Waals surface area contributed by atoms with Gasteiger partial charge in [0, 0.05) is 18.6 Å². The fourth-order valence-corrected chi connectivity index (χ4v) is 3.66. The van der Waals surface area contributed by atoms with E-state index in [0.29, 0.717) is 18.0 Å². The molecule has 2 heteroatoms. The van der Waals surface area contributed by atoms with Crippen LogP contribution in [0.15, 0.2) is 0 Å². The third-order valence-electron chi connectivity index (χ3n) is 5.19. The molecular weight excluding hydrogens is 232 g/mol. The maximum atomic E-state index is 6.45. The van der Waals surface area contributed by atoms with Crippen molar-refractivity contribution in [3.8, 4) is 0 Å². The Balaban J connectivity index is 2.60. The van der Waals surface area contributed by atoms with Gasteiger partial charge >= 0.3 is 0 Å². The van der Waals surface area contributed by atoms with E-state index >= 15 is 0 Å². The predicted molar refractivity (Wildman–Crippen MR) is 85.3 cm³/mol. The van der Waals surface area contributed by atoms with Crippen LogP contribution in [-0.4, -0.2) is 30.1 Å². The number of nitrogens with two attached hydrogens (primary N) is 1. The van der Waals surface area contributed by atoms with E-state index in [-0.39, 0.29) is 0 Å². The molecule has 2 N–H and O–H groups in total. The van der Waals surface area contributed by atoms with Gasteiger partial charge in [0.25, 0.3) is 0 Å². The van der Waals surface area contributed by atoms with Gasteiger partial charge in [-0.15, -0.1) is 0 Å². The summed E-state index contributed by atoms with van der Waals surface area (Å²) < 4.78 is 0. The first-order chi connectivity index (χ1) is 8.99. The van der Waals surface area contributed by atoms with Crippen LogP contribution in [0, 0.1) is 17.8 Å². The largest absolute Gasteiger partial charge is 0.327 e. The van der Waals surface area contributed by atoms with Crippen molar-refractivity contribution in [3.05, 3.63) is 0 Å². The number of rotatable bonds is 7. The molecule has 0 amide bonds. The van der Waals surface area contributed by atoms with Crippen LogP contribution in [0.3, 0.4) is 0 Å². The van der Waals surface area contributed by atoms with Crippen LogP contribution in [0.25, 0.3) is 0 Å². The second-order valence-corrected chi connectivity index (χ2v) is 6.99. The number of unbranched alkanes of at least 4 members (excludes halogenated alkanes) is 1. The summed E-state index contributed by atoms with van der Waals surface area (Å²) in [7, 11) is 0. The van der Waals surface area contributed by atoms with Crippen LogP contribution in [0.1, 0.15) is 66.7 Å². The van der Waals surface area contributed by atoms with E-state index in [4.69, 9.17) is 5.73 Å². The molecule has 1 fully saturated rings. The van der Waals surface area contributed by atoms with E-state index in [1.54, 1.807) is 0 Å². The van der Waals surface area contributed by atoms with Crippen molar-refractivity contribution in [2.75, 3.05) is 13.1 Å². The van der Waals surface area contributed by atoms with Gasteiger partial charge in [0.05, 0.1) is 0 Å². The minimum atomic E-state index is 0.409. The van der Waals surface area contributed by atoms with Gasteiger partial charge in [-0.3, -0.25) is 0 Å². The van der Waals surface area contributed by atoms with Crippen molar-refractivity contribution in [3.63, 3.8) is 0 Å². The van der Waals surface area contributed by atoms with Crippen LogP contribution in [0.5, 0.6) is 0 Å². The van der Waals surface area contributed by atoms with Crippen molar-refractivity contribution in [1.29, 1.82) is 0 Å². The second kappa shape index (κ2) is 8.26. The highest BCUT2D eigenvalue weighted by Gasteiger charge is 2.33. The zero-order valence-electron chi connectivity index (χ0n) is 13.9. The molecule has 0 aliphatic heterocycles. The average molecular weight is 268 g/mol. The quantitative estimate of drug-likeness (QED) is 0.759. The Morgan fingerprint density at radius 3 is 2.42 bits per heavy atom. The van der Waals surface area contributed by atoms with E-state index < -0.39 is 0 Å². The van der Waals surface area contributed by atoms with Gasteiger partial charge in [0.15, 0.2) is 0 Å². The molecule has 1 aliphatic rings. The lowest BCUT2D eigenvalue weighted by Gasteiger charge is -2.42. The minimum absolute atomic E-state index is 0.409. The average Bonchev–Trinajstić information content (AvgIpc) is 2.36. The summed E-state index contributed by atoms with van der Waals surface area (Å²) in [6.07, 6.45) is 6.43. The van der Waals surface area contributed by atoms with E-state index in [9.17, 15) is 0 Å². The third-order valence-corrected chi connectivity index (χ3v) is 5.19. The Kier molecular flexibility index (Phi) is 7.38. The highest BCUT2D eigenvalue weighted by Crippen LogP contribution is 2.33. The SMILES string of the molecule is CCCCN(CC1C(C)CC(C)CC1N)C(C)CC. The van der Waals surface area contributed by atoms with Crippen molar-refractivity contribution in [1.82, 2.24) is 4.90 Å². The molecule has 1 rings (SSSR count). The van der Waals surface area contributed by atoms with Crippen molar-refractivity contribution in [2.45, 2.75) is 78.8 Å². The molecule has 114 valence electrons. The number of hydrogen-bond donors (Lipinski definition) is 1. The van der Waals surface area contributed by atoms with Gasteiger partial charge in [0.1, 0.15) is 0 Å². The standard InChI is InChI=1S/C17H36N2/c1-6-8-9-19(15(5)7-2)12-16-14(4)10-13(3)11-17(16)18/h13-17H,6-12,18H2,1-5H3. The van der Waals surface area contributed by atoms with Gasteiger partial charge in [-0.25, -0.2) is 0 Å². The molecule has 0 saturated heterocycles. The van der Waals surface area contributed by atoms with Gasteiger partial charge in [-0.1, -0.05) is 34.1 Å². The van der Waals surface area contributed by atoms with Crippen LogP contribution in [0.2, 0.25) is 0 Å². The van der Waals surface area contributed by atoms with Gasteiger partial charge in [-0.2, -0.15) is 0 Å². The molecule has 5 atom stereocenters. The summed E-state index contributed by atoms with van der Waals surface area (Å²) >= 11 is 0. The molecule has 1 aliphatic carbocycles. The Bertz CT molecular complexity index is 229. The number of hydrogen-bond acceptors (Lipinski definition) is 2. The molecule has 0 aromatic rings. The first kappa shape index (κ1) is 17.0. The van der Waals surface area contributed by atoms with Crippen LogP contribution < -0.4 is 5.73 Å². The molecule has 0 radical (unpaired) electrons. The second-order valence-electron chi connectivity index (χ2n) is 6.99. The molecule has 19 heavy (non-hydrogen) atoms. The van der Waals surface area contributed by atoms with Crippen molar-refractivity contribution < 1.29 is 0 Å². The zero-order chi connectivity index (χ0) is 14.4. The lowest BCUT2D eigenvalue weighted by atomic mass is 9.72. The monoisotopic (exact) mass is 268 g/mol. The molecule has 1 saturated carbocycles.